The first-order chi connectivity index (χ1) is 8.49. The van der Waals surface area contributed by atoms with E-state index in [1.54, 1.807) is 25.1 Å². The molecule has 1 aromatic rings. The van der Waals surface area contributed by atoms with Crippen LogP contribution in [0.5, 0.6) is 0 Å². The van der Waals surface area contributed by atoms with Crippen molar-refractivity contribution in [2.75, 3.05) is 0 Å². The van der Waals surface area contributed by atoms with E-state index in [-0.39, 0.29) is 12.0 Å². The monoisotopic (exact) mass is 313 g/mol. The summed E-state index contributed by atoms with van der Waals surface area (Å²) in [6.07, 6.45) is 0.122. The number of hydrogen-bond acceptors (Lipinski definition) is 3. The number of nitrogens with zero attached hydrogens (tertiary/aromatic N) is 2. The molecule has 0 fully saturated rings. The van der Waals surface area contributed by atoms with E-state index in [2.05, 4.69) is 16.1 Å². The summed E-state index contributed by atoms with van der Waals surface area (Å²) in [7, 11) is 0. The number of carbonyl (C=O) groups excluding carboxylic acids is 3. The Morgan fingerprint density at radius 1 is 1.22 bits per heavy atom. The van der Waals surface area contributed by atoms with Gasteiger partial charge in [0.05, 0.1) is 16.1 Å². The molecule has 0 bridgehead atoms. The van der Waals surface area contributed by atoms with Crippen molar-refractivity contribution in [1.29, 1.82) is 0 Å². The van der Waals surface area contributed by atoms with E-state index < -0.39 is 17.8 Å². The number of rotatable bonds is 2. The lowest BCUT2D eigenvalue weighted by Gasteiger charge is -2.25. The highest BCUT2D eigenvalue weighted by Crippen LogP contribution is 2.13. The van der Waals surface area contributed by atoms with Crippen LogP contribution in [0.2, 0.25) is 0 Å². The molecule has 0 atom stereocenters. The molecule has 96 valence electrons. The molecule has 4 amide bonds. The van der Waals surface area contributed by atoms with Crippen molar-refractivity contribution in [3.05, 3.63) is 35.9 Å². The predicted molar refractivity (Wildman–Crippen MR) is 68.3 cm³/mol. The van der Waals surface area contributed by atoms with Crippen LogP contribution < -0.4 is 5.73 Å². The average Bonchev–Trinajstić information content (AvgIpc) is 2.38. The maximum Gasteiger partial charge on any atom is 0.342 e. The van der Waals surface area contributed by atoms with Gasteiger partial charge in [-0.05, 0) is 12.1 Å². The number of carbonyl (C=O) groups is 3. The normalized spacial score (nSPS) is 9.67. The fourth-order valence-corrected chi connectivity index (χ4v) is 1.76. The Bertz CT molecular complexity index is 464. The van der Waals surface area contributed by atoms with Gasteiger partial charge in [0.15, 0.2) is 0 Å². The van der Waals surface area contributed by atoms with E-state index in [1.807, 2.05) is 0 Å². The summed E-state index contributed by atoms with van der Waals surface area (Å²) in [5, 5.41) is 0.543. The SMILES string of the molecule is CCC(=O)N(Br)N(C(N)=O)C(=O)c1ccccc1. The van der Waals surface area contributed by atoms with Gasteiger partial charge >= 0.3 is 6.03 Å². The minimum Gasteiger partial charge on any atom is -0.350 e. The second kappa shape index (κ2) is 6.15. The van der Waals surface area contributed by atoms with Gasteiger partial charge in [0.1, 0.15) is 0 Å². The molecule has 0 unspecified atom stereocenters. The third kappa shape index (κ3) is 3.07. The van der Waals surface area contributed by atoms with E-state index >= 15 is 0 Å². The maximum absolute atomic E-state index is 12.0. The molecule has 0 aliphatic carbocycles. The lowest BCUT2D eigenvalue weighted by Crippen LogP contribution is -2.50. The van der Waals surface area contributed by atoms with Crippen LogP contribution in [0.3, 0.4) is 0 Å². The molecule has 0 aromatic heterocycles. The molecule has 1 aromatic carbocycles. The number of hydrazine groups is 1. The van der Waals surface area contributed by atoms with Crippen LogP contribution >= 0.6 is 16.1 Å². The van der Waals surface area contributed by atoms with Crippen LogP contribution in [0.4, 0.5) is 4.79 Å². The van der Waals surface area contributed by atoms with E-state index in [9.17, 15) is 14.4 Å². The van der Waals surface area contributed by atoms with Crippen LogP contribution in [0, 0.1) is 0 Å². The Morgan fingerprint density at radius 3 is 2.22 bits per heavy atom. The summed E-state index contributed by atoms with van der Waals surface area (Å²) in [4.78, 5) is 34.8. The summed E-state index contributed by atoms with van der Waals surface area (Å²) in [6.45, 7) is 1.60. The van der Waals surface area contributed by atoms with Crippen molar-refractivity contribution >= 4 is 34.0 Å². The zero-order valence-electron chi connectivity index (χ0n) is 9.67. The highest BCUT2D eigenvalue weighted by atomic mass is 79.9. The summed E-state index contributed by atoms with van der Waals surface area (Å²) in [6, 6.07) is 7.03. The van der Waals surface area contributed by atoms with Crippen LogP contribution in [-0.2, 0) is 4.79 Å². The Hall–Kier alpha value is -1.89. The Morgan fingerprint density at radius 2 is 1.78 bits per heavy atom. The Kier molecular flexibility index (Phi) is 4.85. The van der Waals surface area contributed by atoms with Gasteiger partial charge in [-0.15, -0.1) is 0 Å². The highest BCUT2D eigenvalue weighted by molar-refractivity contribution is 9.07. The summed E-state index contributed by atoms with van der Waals surface area (Å²) < 4.78 is 0.741. The molecule has 0 saturated carbocycles. The van der Waals surface area contributed by atoms with Crippen LogP contribution in [0.25, 0.3) is 0 Å². The van der Waals surface area contributed by atoms with Crippen molar-refractivity contribution < 1.29 is 14.4 Å². The van der Waals surface area contributed by atoms with Gasteiger partial charge in [-0.25, -0.2) is 4.79 Å². The zero-order valence-corrected chi connectivity index (χ0v) is 11.3. The number of halogens is 1. The van der Waals surface area contributed by atoms with Gasteiger partial charge in [-0.3, -0.25) is 9.59 Å². The first kappa shape index (κ1) is 14.2. The molecule has 0 spiro atoms. The number of imide groups is 1. The van der Waals surface area contributed by atoms with Gasteiger partial charge in [-0.1, -0.05) is 25.1 Å². The second-order valence-corrected chi connectivity index (χ2v) is 4.00. The van der Waals surface area contributed by atoms with Crippen molar-refractivity contribution in [2.45, 2.75) is 13.3 Å². The molecule has 0 aliphatic heterocycles. The van der Waals surface area contributed by atoms with Crippen LogP contribution in [0.15, 0.2) is 30.3 Å². The number of urea groups is 1. The molecule has 0 aliphatic rings. The first-order valence-corrected chi connectivity index (χ1v) is 5.87. The summed E-state index contributed by atoms with van der Waals surface area (Å²) in [5.41, 5.74) is 5.36. The molecular weight excluding hydrogens is 302 g/mol. The van der Waals surface area contributed by atoms with Crippen molar-refractivity contribution in [2.24, 2.45) is 5.73 Å². The maximum atomic E-state index is 12.0. The molecule has 0 saturated heterocycles. The van der Waals surface area contributed by atoms with E-state index in [0.717, 1.165) is 4.03 Å². The standard InChI is InChI=1S/C11H12BrN3O3/c1-2-9(16)15(12)14(11(13)18)10(17)8-6-4-3-5-7-8/h3-7H,2H2,1H3,(H2,13,18). The molecule has 0 heterocycles. The topological polar surface area (TPSA) is 83.7 Å². The highest BCUT2D eigenvalue weighted by Gasteiger charge is 2.29. The minimum absolute atomic E-state index is 0.122. The molecule has 0 radical (unpaired) electrons. The van der Waals surface area contributed by atoms with Gasteiger partial charge in [-0.2, -0.15) is 9.04 Å². The molecule has 18 heavy (non-hydrogen) atoms. The van der Waals surface area contributed by atoms with Crippen molar-refractivity contribution in [3.63, 3.8) is 0 Å². The smallest absolute Gasteiger partial charge is 0.342 e. The molecular formula is C11H12BrN3O3. The Labute approximate surface area is 113 Å². The third-order valence-electron chi connectivity index (χ3n) is 2.11. The fourth-order valence-electron chi connectivity index (χ4n) is 1.21. The third-order valence-corrected chi connectivity index (χ3v) is 2.82. The van der Waals surface area contributed by atoms with E-state index in [4.69, 9.17) is 5.73 Å². The summed E-state index contributed by atoms with van der Waals surface area (Å²) in [5.74, 6) is -1.14. The minimum atomic E-state index is -1.04. The molecule has 6 nitrogen and oxygen atoms in total. The number of nitrogens with two attached hydrogens (primary N) is 1. The largest absolute Gasteiger partial charge is 0.350 e. The number of benzene rings is 1. The van der Waals surface area contributed by atoms with Crippen LogP contribution in [-0.4, -0.2) is 26.9 Å². The van der Waals surface area contributed by atoms with Crippen molar-refractivity contribution in [3.8, 4) is 0 Å². The van der Waals surface area contributed by atoms with Gasteiger partial charge in [0.25, 0.3) is 11.8 Å². The van der Waals surface area contributed by atoms with Crippen molar-refractivity contribution in [1.82, 2.24) is 9.04 Å². The molecule has 1 rings (SSSR count). The van der Waals surface area contributed by atoms with E-state index in [0.29, 0.717) is 5.01 Å². The second-order valence-electron chi connectivity index (χ2n) is 3.33. The van der Waals surface area contributed by atoms with Gasteiger partial charge in [0, 0.05) is 12.0 Å². The summed E-state index contributed by atoms with van der Waals surface area (Å²) >= 11 is 2.86. The fraction of sp³-hybridized carbons (Fsp3) is 0.182. The Balaban J connectivity index is 3.03. The zero-order chi connectivity index (χ0) is 13.7. The predicted octanol–water partition coefficient (Wildman–Crippen LogP) is 1.67. The molecule has 2 N–H and O–H groups in total. The number of amides is 4. The van der Waals surface area contributed by atoms with Gasteiger partial charge < -0.3 is 5.73 Å². The molecule has 7 heteroatoms. The van der Waals surface area contributed by atoms with Crippen LogP contribution in [0.1, 0.15) is 23.7 Å². The van der Waals surface area contributed by atoms with E-state index in [1.165, 1.54) is 12.1 Å². The lowest BCUT2D eigenvalue weighted by molar-refractivity contribution is -0.131. The first-order valence-electron chi connectivity index (χ1n) is 5.16. The lowest BCUT2D eigenvalue weighted by atomic mass is 10.2. The number of primary amides is 1. The quantitative estimate of drug-likeness (QED) is 0.666. The van der Waals surface area contributed by atoms with Gasteiger partial charge in [0.2, 0.25) is 0 Å². The number of hydrogen-bond donors (Lipinski definition) is 1. The average molecular weight is 314 g/mol.